The van der Waals surface area contributed by atoms with Gasteiger partial charge in [0.2, 0.25) is 23.6 Å². The number of amides is 4. The first kappa shape index (κ1) is 32.8. The fourth-order valence-electron chi connectivity index (χ4n) is 4.05. The van der Waals surface area contributed by atoms with Crippen LogP contribution in [0, 0.1) is 5.92 Å². The van der Waals surface area contributed by atoms with Crippen molar-refractivity contribution >= 4 is 29.6 Å². The first-order valence-corrected chi connectivity index (χ1v) is 13.3. The van der Waals surface area contributed by atoms with E-state index in [1.54, 1.807) is 42.5 Å². The van der Waals surface area contributed by atoms with E-state index in [4.69, 9.17) is 5.73 Å². The van der Waals surface area contributed by atoms with Crippen molar-refractivity contribution < 1.29 is 34.2 Å². The average Bonchev–Trinajstić information content (AvgIpc) is 2.92. The van der Waals surface area contributed by atoms with Gasteiger partial charge in [-0.05, 0) is 42.0 Å². The summed E-state index contributed by atoms with van der Waals surface area (Å²) >= 11 is 0. The number of nitrogens with one attached hydrogen (secondary N) is 3. The van der Waals surface area contributed by atoms with E-state index in [0.29, 0.717) is 0 Å². The maximum atomic E-state index is 13.0. The van der Waals surface area contributed by atoms with Crippen LogP contribution in [-0.4, -0.2) is 83.0 Å². The molecule has 4 amide bonds. The Morgan fingerprint density at radius 2 is 1.46 bits per heavy atom. The zero-order chi connectivity index (χ0) is 30.5. The number of rotatable bonds is 15. The molecule has 0 aliphatic rings. The van der Waals surface area contributed by atoms with Crippen LogP contribution in [0.4, 0.5) is 0 Å². The molecular weight excluding hydrogens is 530 g/mol. The molecule has 222 valence electrons. The number of nitrogens with zero attached hydrogens (tertiary/aromatic N) is 1. The van der Waals surface area contributed by atoms with Gasteiger partial charge < -0.3 is 36.8 Å². The number of aliphatic carboxylic acids is 1. The highest BCUT2D eigenvalue weighted by Crippen LogP contribution is 2.11. The third kappa shape index (κ3) is 11.7. The van der Waals surface area contributed by atoms with Gasteiger partial charge in [0.25, 0.3) is 0 Å². The molecular formula is C29H39N5O7. The number of benzene rings is 2. The zero-order valence-corrected chi connectivity index (χ0v) is 23.5. The maximum Gasteiger partial charge on any atom is 0.326 e. The number of carbonyl (C=O) groups is 5. The van der Waals surface area contributed by atoms with Gasteiger partial charge in [-0.1, -0.05) is 56.3 Å². The van der Waals surface area contributed by atoms with Gasteiger partial charge in [-0.25, -0.2) is 4.79 Å². The molecule has 0 aromatic heterocycles. The van der Waals surface area contributed by atoms with E-state index in [9.17, 15) is 34.2 Å². The molecule has 7 N–H and O–H groups in total. The van der Waals surface area contributed by atoms with Crippen LogP contribution < -0.4 is 21.7 Å². The second-order valence-electron chi connectivity index (χ2n) is 10.3. The quantitative estimate of drug-likeness (QED) is 0.175. The van der Waals surface area contributed by atoms with Crippen LogP contribution in [0.15, 0.2) is 54.6 Å². The molecule has 0 saturated heterocycles. The molecule has 0 heterocycles. The Morgan fingerprint density at radius 3 is 2.05 bits per heavy atom. The Morgan fingerprint density at radius 1 is 0.854 bits per heavy atom. The van der Waals surface area contributed by atoms with Crippen LogP contribution in [0.5, 0.6) is 5.75 Å². The lowest BCUT2D eigenvalue weighted by Gasteiger charge is -2.23. The number of phenolic OH excluding ortho intramolecular Hbond substituents is 1. The molecule has 0 radical (unpaired) electrons. The minimum Gasteiger partial charge on any atom is -0.508 e. The highest BCUT2D eigenvalue weighted by molar-refractivity contribution is 5.93. The number of carboxylic acids is 1. The molecule has 12 nitrogen and oxygen atoms in total. The molecule has 0 fully saturated rings. The van der Waals surface area contributed by atoms with Crippen molar-refractivity contribution in [2.24, 2.45) is 11.7 Å². The van der Waals surface area contributed by atoms with E-state index in [2.05, 4.69) is 16.0 Å². The molecule has 0 aliphatic carbocycles. The van der Waals surface area contributed by atoms with Crippen molar-refractivity contribution in [1.29, 1.82) is 0 Å². The summed E-state index contributed by atoms with van der Waals surface area (Å²) in [5, 5.41) is 26.4. The van der Waals surface area contributed by atoms with Gasteiger partial charge in [0.05, 0.1) is 19.1 Å². The van der Waals surface area contributed by atoms with Crippen molar-refractivity contribution in [1.82, 2.24) is 20.9 Å². The molecule has 2 aromatic rings. The second kappa shape index (κ2) is 16.0. The Kier molecular flexibility index (Phi) is 12.8. The second-order valence-corrected chi connectivity index (χ2v) is 10.3. The molecule has 0 unspecified atom stereocenters. The van der Waals surface area contributed by atoms with Gasteiger partial charge in [0.1, 0.15) is 17.8 Å². The number of hydrogen-bond donors (Lipinski definition) is 6. The van der Waals surface area contributed by atoms with Crippen LogP contribution in [0.3, 0.4) is 0 Å². The predicted molar refractivity (Wildman–Crippen MR) is 152 cm³/mol. The number of carbonyl (C=O) groups excluding carboxylic acids is 4. The van der Waals surface area contributed by atoms with E-state index in [1.165, 1.54) is 19.2 Å². The van der Waals surface area contributed by atoms with Crippen LogP contribution in [0.2, 0.25) is 0 Å². The Hall–Kier alpha value is -4.45. The van der Waals surface area contributed by atoms with E-state index in [1.807, 2.05) is 13.8 Å². The van der Waals surface area contributed by atoms with Crippen LogP contribution >= 0.6 is 0 Å². The predicted octanol–water partition coefficient (Wildman–Crippen LogP) is 0.180. The van der Waals surface area contributed by atoms with Gasteiger partial charge in [0, 0.05) is 13.5 Å². The lowest BCUT2D eigenvalue weighted by Crippen LogP contribution is -2.54. The minimum atomic E-state index is -1.18. The van der Waals surface area contributed by atoms with Gasteiger partial charge in [0.15, 0.2) is 0 Å². The molecule has 0 aliphatic heterocycles. The van der Waals surface area contributed by atoms with Crippen molar-refractivity contribution in [3.8, 4) is 5.75 Å². The summed E-state index contributed by atoms with van der Waals surface area (Å²) in [4.78, 5) is 63.5. The minimum absolute atomic E-state index is 0.0150. The summed E-state index contributed by atoms with van der Waals surface area (Å²) in [5.41, 5.74) is 7.48. The molecule has 2 aromatic carbocycles. The number of likely N-dealkylation sites (N-methyl/N-ethyl adjacent to an activating group) is 1. The van der Waals surface area contributed by atoms with Crippen molar-refractivity contribution in [2.45, 2.75) is 51.2 Å². The van der Waals surface area contributed by atoms with Gasteiger partial charge in [-0.3, -0.25) is 19.2 Å². The summed E-state index contributed by atoms with van der Waals surface area (Å²) in [6, 6.07) is 12.0. The molecule has 0 bridgehead atoms. The average molecular weight is 570 g/mol. The van der Waals surface area contributed by atoms with E-state index >= 15 is 0 Å². The fourth-order valence-corrected chi connectivity index (χ4v) is 4.05. The Bertz CT molecular complexity index is 1190. The van der Waals surface area contributed by atoms with Crippen LogP contribution in [0.1, 0.15) is 31.4 Å². The third-order valence-electron chi connectivity index (χ3n) is 6.17. The largest absolute Gasteiger partial charge is 0.508 e. The monoisotopic (exact) mass is 569 g/mol. The van der Waals surface area contributed by atoms with E-state index < -0.39 is 54.3 Å². The van der Waals surface area contributed by atoms with Gasteiger partial charge in [-0.2, -0.15) is 0 Å². The topological polar surface area (TPSA) is 191 Å². The molecule has 12 heteroatoms. The molecule has 3 atom stereocenters. The molecule has 41 heavy (non-hydrogen) atoms. The molecule has 2 rings (SSSR count). The maximum absolute atomic E-state index is 13.0. The molecule has 0 spiro atoms. The number of phenols is 1. The van der Waals surface area contributed by atoms with Gasteiger partial charge in [-0.15, -0.1) is 0 Å². The van der Waals surface area contributed by atoms with Crippen molar-refractivity contribution in [3.05, 3.63) is 65.7 Å². The lowest BCUT2D eigenvalue weighted by atomic mass is 10.0. The lowest BCUT2D eigenvalue weighted by molar-refractivity contribution is -0.142. The highest BCUT2D eigenvalue weighted by Gasteiger charge is 2.27. The summed E-state index contributed by atoms with van der Waals surface area (Å²) in [6.07, 6.45) is 0.531. The summed E-state index contributed by atoms with van der Waals surface area (Å²) in [7, 11) is 1.41. The first-order valence-electron chi connectivity index (χ1n) is 13.3. The number of nitrogens with two attached hydrogens (primary N) is 1. The first-order chi connectivity index (χ1) is 19.3. The standard InChI is InChI=1S/C29H39N5O7/c1-18(2)13-24(29(40)41)33-27(38)23(15-19-7-5-4-6-8-19)32-25(36)16-31-26(37)17-34(3)28(39)22(30)14-20-9-11-21(35)12-10-20/h4-12,18,22-24,35H,13-17,30H2,1-3H3,(H,31,37)(H,32,36)(H,33,38)(H,40,41)/t22-,23-,24-/m0/s1. The summed E-state index contributed by atoms with van der Waals surface area (Å²) < 4.78 is 0. The summed E-state index contributed by atoms with van der Waals surface area (Å²) in [6.45, 7) is 2.86. The fraction of sp³-hybridized carbons (Fsp3) is 0.414. The number of carboxylic acid groups (broad SMARTS) is 1. The van der Waals surface area contributed by atoms with Crippen molar-refractivity contribution in [2.75, 3.05) is 20.1 Å². The summed E-state index contributed by atoms with van der Waals surface area (Å²) in [5.74, 6) is -3.48. The smallest absolute Gasteiger partial charge is 0.326 e. The highest BCUT2D eigenvalue weighted by atomic mass is 16.4. The van der Waals surface area contributed by atoms with E-state index in [0.717, 1.165) is 16.0 Å². The van der Waals surface area contributed by atoms with Gasteiger partial charge >= 0.3 is 5.97 Å². The Balaban J connectivity index is 1.93. The SMILES string of the molecule is CC(C)C[C@H](NC(=O)[C@H](Cc1ccccc1)NC(=O)CNC(=O)CN(C)C(=O)[C@@H](N)Cc1ccc(O)cc1)C(=O)O. The normalized spacial score (nSPS) is 13.0. The number of hydrogen-bond acceptors (Lipinski definition) is 7. The third-order valence-corrected chi connectivity index (χ3v) is 6.17. The van der Waals surface area contributed by atoms with Crippen LogP contribution in [0.25, 0.3) is 0 Å². The Labute approximate surface area is 239 Å². The van der Waals surface area contributed by atoms with E-state index in [-0.39, 0.29) is 37.5 Å². The zero-order valence-electron chi connectivity index (χ0n) is 23.5. The molecule has 0 saturated carbocycles. The number of aromatic hydroxyl groups is 1. The van der Waals surface area contributed by atoms with Crippen LogP contribution in [-0.2, 0) is 36.8 Å². The van der Waals surface area contributed by atoms with Crippen molar-refractivity contribution in [3.63, 3.8) is 0 Å².